The van der Waals surface area contributed by atoms with Crippen LogP contribution < -0.4 is 11.3 Å². The fourth-order valence-electron chi connectivity index (χ4n) is 2.49. The molecule has 2 aromatic heterocycles. The van der Waals surface area contributed by atoms with Crippen molar-refractivity contribution >= 4 is 17.4 Å². The Balaban J connectivity index is 2.37. The molecule has 3 aromatic rings. The number of H-pyrrole nitrogens is 1. The third-order valence-corrected chi connectivity index (χ3v) is 3.86. The third-order valence-electron chi connectivity index (χ3n) is 3.61. The Morgan fingerprint density at radius 3 is 2.23 bits per heavy atom. The summed E-state index contributed by atoms with van der Waals surface area (Å²) in [5.74, 6) is 0.370. The highest BCUT2D eigenvalue weighted by molar-refractivity contribution is 6.30. The average Bonchev–Trinajstić information content (AvgIpc) is 2.52. The first kappa shape index (κ1) is 14.4. The summed E-state index contributed by atoms with van der Waals surface area (Å²) in [4.78, 5) is 19.2. The zero-order valence-electron chi connectivity index (χ0n) is 11.9. The van der Waals surface area contributed by atoms with Gasteiger partial charge in [0.2, 0.25) is 0 Å². The molecule has 110 valence electrons. The molecule has 5 heteroatoms. The van der Waals surface area contributed by atoms with Crippen molar-refractivity contribution in [3.63, 3.8) is 0 Å². The molecule has 0 amide bonds. The number of aromatic nitrogens is 2. The standard InChI is InChI=1S/C17H14ClN3O/c1-10-14(12-6-8-20-9-7-12)15(17(22)21-16(10)19)11-2-4-13(18)5-3-11/h2-9H,1H3,(H3,19,21,22). The fourth-order valence-corrected chi connectivity index (χ4v) is 2.61. The topological polar surface area (TPSA) is 71.8 Å². The quantitative estimate of drug-likeness (QED) is 0.759. The zero-order chi connectivity index (χ0) is 15.7. The van der Waals surface area contributed by atoms with E-state index in [0.717, 1.165) is 22.3 Å². The lowest BCUT2D eigenvalue weighted by molar-refractivity contribution is 1.21. The molecule has 0 aliphatic carbocycles. The molecular formula is C17H14ClN3O. The summed E-state index contributed by atoms with van der Waals surface area (Å²) in [5.41, 5.74) is 9.62. The Hall–Kier alpha value is -2.59. The molecule has 0 saturated carbocycles. The van der Waals surface area contributed by atoms with Crippen molar-refractivity contribution in [3.8, 4) is 22.3 Å². The first-order valence-electron chi connectivity index (χ1n) is 6.76. The van der Waals surface area contributed by atoms with Gasteiger partial charge in [-0.1, -0.05) is 23.7 Å². The summed E-state index contributed by atoms with van der Waals surface area (Å²) in [5, 5.41) is 0.623. The molecule has 0 unspecified atom stereocenters. The summed E-state index contributed by atoms with van der Waals surface area (Å²) < 4.78 is 0. The molecule has 4 nitrogen and oxygen atoms in total. The van der Waals surface area contributed by atoms with E-state index in [4.69, 9.17) is 17.3 Å². The van der Waals surface area contributed by atoms with E-state index in [2.05, 4.69) is 9.97 Å². The van der Waals surface area contributed by atoms with Gasteiger partial charge in [0.05, 0.1) is 5.56 Å². The molecule has 1 aromatic carbocycles. The number of hydrogen-bond acceptors (Lipinski definition) is 3. The Morgan fingerprint density at radius 1 is 1.00 bits per heavy atom. The minimum Gasteiger partial charge on any atom is -0.385 e. The molecule has 0 fully saturated rings. The minimum absolute atomic E-state index is 0.225. The largest absolute Gasteiger partial charge is 0.385 e. The number of pyridine rings is 2. The fraction of sp³-hybridized carbons (Fsp3) is 0.0588. The van der Waals surface area contributed by atoms with Crippen LogP contribution in [0.15, 0.2) is 53.6 Å². The second-order valence-electron chi connectivity index (χ2n) is 4.99. The highest BCUT2D eigenvalue weighted by Crippen LogP contribution is 2.33. The second-order valence-corrected chi connectivity index (χ2v) is 5.42. The number of nitrogen functional groups attached to an aromatic ring is 1. The van der Waals surface area contributed by atoms with Gasteiger partial charge in [-0.25, -0.2) is 0 Å². The lowest BCUT2D eigenvalue weighted by Gasteiger charge is -2.14. The normalized spacial score (nSPS) is 10.6. The summed E-state index contributed by atoms with van der Waals surface area (Å²) >= 11 is 5.94. The average molecular weight is 312 g/mol. The predicted octanol–water partition coefficient (Wildman–Crippen LogP) is 3.65. The number of halogens is 1. The number of benzene rings is 1. The van der Waals surface area contributed by atoms with Crippen molar-refractivity contribution in [2.75, 3.05) is 5.73 Å². The van der Waals surface area contributed by atoms with E-state index in [1.54, 1.807) is 24.5 Å². The van der Waals surface area contributed by atoms with Crippen molar-refractivity contribution in [2.24, 2.45) is 0 Å². The number of hydrogen-bond donors (Lipinski definition) is 2. The molecule has 22 heavy (non-hydrogen) atoms. The van der Waals surface area contributed by atoms with Gasteiger partial charge >= 0.3 is 0 Å². The maximum Gasteiger partial charge on any atom is 0.258 e. The first-order valence-corrected chi connectivity index (χ1v) is 7.14. The summed E-state index contributed by atoms with van der Waals surface area (Å²) in [7, 11) is 0. The second kappa shape index (κ2) is 5.66. The highest BCUT2D eigenvalue weighted by atomic mass is 35.5. The Kier molecular flexibility index (Phi) is 3.69. The van der Waals surface area contributed by atoms with Gasteiger partial charge in [0, 0.05) is 23.0 Å². The van der Waals surface area contributed by atoms with Gasteiger partial charge in [-0.3, -0.25) is 9.78 Å². The number of nitrogens with one attached hydrogen (secondary N) is 1. The number of anilines is 1. The van der Waals surface area contributed by atoms with Crippen LogP contribution in [0.3, 0.4) is 0 Å². The maximum absolute atomic E-state index is 12.5. The number of nitrogens with two attached hydrogens (primary N) is 1. The number of aromatic amines is 1. The van der Waals surface area contributed by atoms with Crippen LogP contribution in [-0.2, 0) is 0 Å². The monoisotopic (exact) mass is 311 g/mol. The molecule has 3 N–H and O–H groups in total. The maximum atomic E-state index is 12.5. The van der Waals surface area contributed by atoms with Gasteiger partial charge in [-0.15, -0.1) is 0 Å². The van der Waals surface area contributed by atoms with Gasteiger partial charge in [-0.05, 0) is 47.9 Å². The van der Waals surface area contributed by atoms with Crippen LogP contribution in [-0.4, -0.2) is 9.97 Å². The van der Waals surface area contributed by atoms with Gasteiger partial charge in [-0.2, -0.15) is 0 Å². The van der Waals surface area contributed by atoms with Crippen LogP contribution in [0.2, 0.25) is 5.02 Å². The van der Waals surface area contributed by atoms with E-state index in [1.165, 1.54) is 0 Å². The summed E-state index contributed by atoms with van der Waals surface area (Å²) in [6.45, 7) is 1.89. The molecule has 0 spiro atoms. The molecular weight excluding hydrogens is 298 g/mol. The lowest BCUT2D eigenvalue weighted by atomic mass is 9.93. The van der Waals surface area contributed by atoms with Gasteiger partial charge in [0.1, 0.15) is 5.82 Å². The third kappa shape index (κ3) is 2.49. The van der Waals surface area contributed by atoms with Crippen molar-refractivity contribution in [2.45, 2.75) is 6.92 Å². The van der Waals surface area contributed by atoms with E-state index in [-0.39, 0.29) is 5.56 Å². The molecule has 0 bridgehead atoms. The molecule has 0 aliphatic rings. The van der Waals surface area contributed by atoms with Crippen LogP contribution in [0.5, 0.6) is 0 Å². The Labute approximate surface area is 132 Å². The number of rotatable bonds is 2. The van der Waals surface area contributed by atoms with Gasteiger partial charge in [0.25, 0.3) is 5.56 Å². The zero-order valence-corrected chi connectivity index (χ0v) is 12.7. The van der Waals surface area contributed by atoms with E-state index in [9.17, 15) is 4.79 Å². The van der Waals surface area contributed by atoms with Crippen LogP contribution in [0, 0.1) is 6.92 Å². The van der Waals surface area contributed by atoms with E-state index in [1.807, 2.05) is 31.2 Å². The predicted molar refractivity (Wildman–Crippen MR) is 89.9 cm³/mol. The van der Waals surface area contributed by atoms with Crippen LogP contribution >= 0.6 is 11.6 Å². The van der Waals surface area contributed by atoms with Crippen molar-refractivity contribution in [1.29, 1.82) is 0 Å². The molecule has 0 saturated heterocycles. The van der Waals surface area contributed by atoms with Crippen LogP contribution in [0.25, 0.3) is 22.3 Å². The smallest absolute Gasteiger partial charge is 0.258 e. The van der Waals surface area contributed by atoms with Gasteiger partial charge in [0.15, 0.2) is 0 Å². The summed E-state index contributed by atoms with van der Waals surface area (Å²) in [6.07, 6.45) is 3.38. The van der Waals surface area contributed by atoms with Crippen molar-refractivity contribution in [1.82, 2.24) is 9.97 Å². The molecule has 0 aliphatic heterocycles. The van der Waals surface area contributed by atoms with Crippen LogP contribution in [0.1, 0.15) is 5.56 Å². The molecule has 2 heterocycles. The lowest BCUT2D eigenvalue weighted by Crippen LogP contribution is -2.15. The Morgan fingerprint density at radius 2 is 1.59 bits per heavy atom. The summed E-state index contributed by atoms with van der Waals surface area (Å²) in [6, 6.07) is 10.9. The molecule has 0 radical (unpaired) electrons. The SMILES string of the molecule is Cc1c(N)[nH]c(=O)c(-c2ccc(Cl)cc2)c1-c1ccncc1. The van der Waals surface area contributed by atoms with Crippen LogP contribution in [0.4, 0.5) is 5.82 Å². The van der Waals surface area contributed by atoms with E-state index >= 15 is 0 Å². The Bertz CT molecular complexity index is 871. The number of nitrogens with zero attached hydrogens (tertiary/aromatic N) is 1. The van der Waals surface area contributed by atoms with E-state index < -0.39 is 0 Å². The first-order chi connectivity index (χ1) is 10.6. The van der Waals surface area contributed by atoms with E-state index in [0.29, 0.717) is 16.4 Å². The molecule has 3 rings (SSSR count). The van der Waals surface area contributed by atoms with Crippen molar-refractivity contribution in [3.05, 3.63) is 69.7 Å². The van der Waals surface area contributed by atoms with Gasteiger partial charge < -0.3 is 10.7 Å². The minimum atomic E-state index is -0.225. The molecule has 0 atom stereocenters. The van der Waals surface area contributed by atoms with Crippen molar-refractivity contribution < 1.29 is 0 Å². The highest BCUT2D eigenvalue weighted by Gasteiger charge is 2.16.